The van der Waals surface area contributed by atoms with E-state index in [9.17, 15) is 0 Å². The standard InChI is InChI=1S/C20H21N3S/c1-23-12-4-2-3-5-17-13-16(6-7-19(17)23)18-14-24-20(22-18)15-8-10-21-11-9-15/h6-11,13-14H,2-5,12H2,1H3. The van der Waals surface area contributed by atoms with E-state index in [1.165, 1.54) is 36.1 Å². The minimum Gasteiger partial charge on any atom is -0.374 e. The van der Waals surface area contributed by atoms with Crippen LogP contribution in [0.2, 0.25) is 0 Å². The van der Waals surface area contributed by atoms with Gasteiger partial charge in [0, 0.05) is 48.2 Å². The average Bonchev–Trinajstić information content (AvgIpc) is 3.10. The molecule has 4 heteroatoms. The van der Waals surface area contributed by atoms with Gasteiger partial charge in [-0.15, -0.1) is 11.3 Å². The zero-order valence-corrected chi connectivity index (χ0v) is 14.7. The lowest BCUT2D eigenvalue weighted by Crippen LogP contribution is -2.21. The van der Waals surface area contributed by atoms with Crippen LogP contribution in [0, 0.1) is 0 Å². The Morgan fingerprint density at radius 3 is 2.75 bits per heavy atom. The van der Waals surface area contributed by atoms with Crippen molar-refractivity contribution in [1.29, 1.82) is 0 Å². The molecule has 0 amide bonds. The highest BCUT2D eigenvalue weighted by molar-refractivity contribution is 7.13. The van der Waals surface area contributed by atoms with Gasteiger partial charge >= 0.3 is 0 Å². The lowest BCUT2D eigenvalue weighted by molar-refractivity contribution is 0.653. The van der Waals surface area contributed by atoms with E-state index >= 15 is 0 Å². The number of aromatic nitrogens is 2. The van der Waals surface area contributed by atoms with Crippen molar-refractivity contribution < 1.29 is 0 Å². The summed E-state index contributed by atoms with van der Waals surface area (Å²) in [6, 6.07) is 10.8. The molecule has 3 aromatic rings. The van der Waals surface area contributed by atoms with Crippen molar-refractivity contribution in [3.8, 4) is 21.8 Å². The predicted octanol–water partition coefficient (Wildman–Crippen LogP) is 5.03. The molecule has 0 aliphatic carbocycles. The van der Waals surface area contributed by atoms with Gasteiger partial charge < -0.3 is 4.90 Å². The quantitative estimate of drug-likeness (QED) is 0.657. The highest BCUT2D eigenvalue weighted by atomic mass is 32.1. The topological polar surface area (TPSA) is 29.0 Å². The summed E-state index contributed by atoms with van der Waals surface area (Å²) in [5.74, 6) is 0. The third-order valence-electron chi connectivity index (χ3n) is 4.66. The highest BCUT2D eigenvalue weighted by Gasteiger charge is 2.13. The second kappa shape index (κ2) is 6.73. The van der Waals surface area contributed by atoms with Crippen LogP contribution in [-0.2, 0) is 6.42 Å². The van der Waals surface area contributed by atoms with Gasteiger partial charge in [0.15, 0.2) is 0 Å². The van der Waals surface area contributed by atoms with Crippen LogP contribution in [0.4, 0.5) is 5.69 Å². The zero-order valence-electron chi connectivity index (χ0n) is 13.9. The van der Waals surface area contributed by atoms with Gasteiger partial charge in [-0.1, -0.05) is 12.5 Å². The van der Waals surface area contributed by atoms with E-state index in [0.717, 1.165) is 29.2 Å². The van der Waals surface area contributed by atoms with E-state index in [1.807, 2.05) is 24.5 Å². The van der Waals surface area contributed by atoms with Crippen LogP contribution < -0.4 is 4.90 Å². The predicted molar refractivity (Wildman–Crippen MR) is 102 cm³/mol. The monoisotopic (exact) mass is 335 g/mol. The first-order valence-electron chi connectivity index (χ1n) is 8.51. The van der Waals surface area contributed by atoms with Gasteiger partial charge in [0.2, 0.25) is 0 Å². The summed E-state index contributed by atoms with van der Waals surface area (Å²) < 4.78 is 0. The maximum absolute atomic E-state index is 4.84. The molecular formula is C20H21N3S. The Balaban J connectivity index is 1.68. The summed E-state index contributed by atoms with van der Waals surface area (Å²) in [5, 5.41) is 3.21. The Morgan fingerprint density at radius 1 is 1.00 bits per heavy atom. The van der Waals surface area contributed by atoms with Crippen molar-refractivity contribution in [3.63, 3.8) is 0 Å². The minimum absolute atomic E-state index is 1.05. The number of anilines is 1. The van der Waals surface area contributed by atoms with Gasteiger partial charge in [0.05, 0.1) is 5.69 Å². The maximum atomic E-state index is 4.84. The molecule has 0 unspecified atom stereocenters. The van der Waals surface area contributed by atoms with E-state index in [0.29, 0.717) is 0 Å². The Hall–Kier alpha value is -2.20. The zero-order chi connectivity index (χ0) is 16.4. The normalized spacial score (nSPS) is 14.8. The molecule has 0 spiro atoms. The molecule has 0 atom stereocenters. The van der Waals surface area contributed by atoms with Crippen molar-refractivity contribution in [2.75, 3.05) is 18.5 Å². The summed E-state index contributed by atoms with van der Waals surface area (Å²) in [6.45, 7) is 1.15. The molecule has 3 nitrogen and oxygen atoms in total. The molecule has 2 aromatic heterocycles. The summed E-state index contributed by atoms with van der Waals surface area (Å²) in [5.41, 5.74) is 6.25. The van der Waals surface area contributed by atoms with E-state index < -0.39 is 0 Å². The first kappa shape index (κ1) is 15.3. The van der Waals surface area contributed by atoms with Crippen molar-refractivity contribution in [3.05, 3.63) is 53.7 Å². The fraction of sp³-hybridized carbons (Fsp3) is 0.300. The van der Waals surface area contributed by atoms with Crippen molar-refractivity contribution in [2.45, 2.75) is 25.7 Å². The van der Waals surface area contributed by atoms with E-state index in [1.54, 1.807) is 11.3 Å². The number of rotatable bonds is 2. The van der Waals surface area contributed by atoms with E-state index in [4.69, 9.17) is 4.98 Å². The van der Waals surface area contributed by atoms with Crippen LogP contribution in [0.3, 0.4) is 0 Å². The summed E-state index contributed by atoms with van der Waals surface area (Å²) in [6.07, 6.45) is 8.68. The van der Waals surface area contributed by atoms with Gasteiger partial charge in [-0.05, 0) is 49.1 Å². The van der Waals surface area contributed by atoms with Gasteiger partial charge in [-0.25, -0.2) is 4.98 Å². The van der Waals surface area contributed by atoms with Crippen LogP contribution in [0.1, 0.15) is 24.8 Å². The minimum atomic E-state index is 1.05. The van der Waals surface area contributed by atoms with Crippen molar-refractivity contribution in [1.82, 2.24) is 9.97 Å². The molecule has 0 fully saturated rings. The van der Waals surface area contributed by atoms with Gasteiger partial charge in [-0.3, -0.25) is 4.98 Å². The molecule has 0 bridgehead atoms. The fourth-order valence-corrected chi connectivity index (χ4v) is 4.15. The first-order valence-corrected chi connectivity index (χ1v) is 9.39. The number of hydrogen-bond acceptors (Lipinski definition) is 4. The molecule has 3 heterocycles. The number of benzene rings is 1. The lowest BCUT2D eigenvalue weighted by atomic mass is 9.98. The molecule has 0 radical (unpaired) electrons. The smallest absolute Gasteiger partial charge is 0.124 e. The Labute approximate surface area is 147 Å². The van der Waals surface area contributed by atoms with Crippen LogP contribution in [0.5, 0.6) is 0 Å². The molecule has 1 aromatic carbocycles. The molecule has 122 valence electrons. The van der Waals surface area contributed by atoms with Crippen molar-refractivity contribution >= 4 is 17.0 Å². The molecule has 24 heavy (non-hydrogen) atoms. The number of fused-ring (bicyclic) bond motifs is 1. The molecular weight excluding hydrogens is 314 g/mol. The second-order valence-electron chi connectivity index (χ2n) is 6.35. The number of aryl methyl sites for hydroxylation is 1. The van der Waals surface area contributed by atoms with Gasteiger partial charge in [-0.2, -0.15) is 0 Å². The lowest BCUT2D eigenvalue weighted by Gasteiger charge is -2.25. The second-order valence-corrected chi connectivity index (χ2v) is 7.21. The van der Waals surface area contributed by atoms with Crippen LogP contribution in [-0.4, -0.2) is 23.6 Å². The molecule has 0 saturated heterocycles. The number of hydrogen-bond donors (Lipinski definition) is 0. The third-order valence-corrected chi connectivity index (χ3v) is 5.55. The van der Waals surface area contributed by atoms with Crippen molar-refractivity contribution in [2.24, 2.45) is 0 Å². The SMILES string of the molecule is CN1CCCCCc2cc(-c3csc(-c4ccncc4)n3)ccc21. The molecule has 1 aliphatic heterocycles. The molecule has 1 aliphatic rings. The number of pyridine rings is 1. The van der Waals surface area contributed by atoms with E-state index in [2.05, 4.69) is 40.5 Å². The van der Waals surface area contributed by atoms with Gasteiger partial charge in [0.1, 0.15) is 5.01 Å². The summed E-state index contributed by atoms with van der Waals surface area (Å²) >= 11 is 1.69. The van der Waals surface area contributed by atoms with Crippen LogP contribution >= 0.6 is 11.3 Å². The van der Waals surface area contributed by atoms with Gasteiger partial charge in [0.25, 0.3) is 0 Å². The Bertz CT molecular complexity index is 826. The number of nitrogens with zero attached hydrogens (tertiary/aromatic N) is 3. The average molecular weight is 335 g/mol. The third kappa shape index (κ3) is 3.06. The highest BCUT2D eigenvalue weighted by Crippen LogP contribution is 2.32. The Kier molecular flexibility index (Phi) is 4.30. The van der Waals surface area contributed by atoms with Crippen LogP contribution in [0.25, 0.3) is 21.8 Å². The maximum Gasteiger partial charge on any atom is 0.124 e. The molecule has 0 N–H and O–H groups in total. The first-order chi connectivity index (χ1) is 11.8. The van der Waals surface area contributed by atoms with Crippen LogP contribution in [0.15, 0.2) is 48.1 Å². The summed E-state index contributed by atoms with van der Waals surface area (Å²) in [4.78, 5) is 11.3. The fourth-order valence-electron chi connectivity index (χ4n) is 3.31. The summed E-state index contributed by atoms with van der Waals surface area (Å²) in [7, 11) is 2.20. The van der Waals surface area contributed by atoms with E-state index in [-0.39, 0.29) is 0 Å². The molecule has 0 saturated carbocycles. The molecule has 4 rings (SSSR count). The Morgan fingerprint density at radius 2 is 1.88 bits per heavy atom. The largest absolute Gasteiger partial charge is 0.374 e. The number of thiazole rings is 1.